The molecule has 0 bridgehead atoms. The number of nitrogens with two attached hydrogens (primary N) is 1. The molecule has 3 N–H and O–H groups in total. The van der Waals surface area contributed by atoms with Crippen LogP contribution in [0.4, 0.5) is 5.69 Å². The lowest BCUT2D eigenvalue weighted by Gasteiger charge is -2.43. The Morgan fingerprint density at radius 2 is 2.33 bits per heavy atom. The van der Waals surface area contributed by atoms with E-state index in [0.717, 1.165) is 5.69 Å². The highest BCUT2D eigenvalue weighted by atomic mass is 32.1. The van der Waals surface area contributed by atoms with E-state index in [9.17, 15) is 4.79 Å². The Bertz CT molecular complexity index is 501. The van der Waals surface area contributed by atoms with Crippen LogP contribution in [0.3, 0.4) is 0 Å². The van der Waals surface area contributed by atoms with Gasteiger partial charge in [0, 0.05) is 19.3 Å². The number of aromatic nitrogens is 1. The predicted octanol–water partition coefficient (Wildman–Crippen LogP) is 0.431. The molecule has 6 heteroatoms. The number of piperazine rings is 1. The number of hydrogen-bond acceptors (Lipinski definition) is 4. The minimum Gasteiger partial charge on any atom is -0.388 e. The summed E-state index contributed by atoms with van der Waals surface area (Å²) in [6, 6.07) is 3.71. The largest absolute Gasteiger partial charge is 0.388 e. The molecule has 1 aliphatic heterocycles. The number of carbonyl (C=O) groups is 1. The molecule has 18 heavy (non-hydrogen) atoms. The van der Waals surface area contributed by atoms with Crippen molar-refractivity contribution in [2.75, 3.05) is 18.0 Å². The highest BCUT2D eigenvalue weighted by Gasteiger charge is 2.38. The van der Waals surface area contributed by atoms with Crippen LogP contribution in [-0.2, 0) is 4.79 Å². The van der Waals surface area contributed by atoms with E-state index in [4.69, 9.17) is 18.0 Å². The number of nitrogens with one attached hydrogen (secondary N) is 1. The third kappa shape index (κ3) is 2.03. The Balaban J connectivity index is 2.48. The standard InChI is InChI=1S/C12H16N4OS/c1-12(2)11(17)15-6-7-16(12)8-4-3-5-14-9(8)10(13)18/h3-5H,6-7H2,1-2H3,(H2,13,18)(H,15,17). The highest BCUT2D eigenvalue weighted by Crippen LogP contribution is 2.28. The van der Waals surface area contributed by atoms with Gasteiger partial charge in [-0.15, -0.1) is 0 Å². The number of anilines is 1. The molecule has 0 aromatic carbocycles. The first-order valence-corrected chi connectivity index (χ1v) is 6.16. The summed E-state index contributed by atoms with van der Waals surface area (Å²) in [6.45, 7) is 5.06. The number of nitrogens with zero attached hydrogens (tertiary/aromatic N) is 2. The van der Waals surface area contributed by atoms with Crippen molar-refractivity contribution in [2.24, 2.45) is 5.73 Å². The van der Waals surface area contributed by atoms with E-state index in [1.165, 1.54) is 0 Å². The molecule has 0 unspecified atom stereocenters. The third-order valence-corrected chi connectivity index (χ3v) is 3.36. The van der Waals surface area contributed by atoms with Crippen LogP contribution < -0.4 is 16.0 Å². The van der Waals surface area contributed by atoms with Crippen LogP contribution in [0.5, 0.6) is 0 Å². The smallest absolute Gasteiger partial charge is 0.245 e. The minimum atomic E-state index is -0.638. The molecule has 96 valence electrons. The lowest BCUT2D eigenvalue weighted by molar-refractivity contribution is -0.126. The first-order valence-electron chi connectivity index (χ1n) is 5.75. The van der Waals surface area contributed by atoms with Gasteiger partial charge in [-0.05, 0) is 26.0 Å². The number of carbonyl (C=O) groups excluding carboxylic acids is 1. The minimum absolute atomic E-state index is 0.00788. The summed E-state index contributed by atoms with van der Waals surface area (Å²) in [5.74, 6) is -0.00788. The molecule has 1 aromatic heterocycles. The summed E-state index contributed by atoms with van der Waals surface area (Å²) in [6.07, 6.45) is 1.65. The van der Waals surface area contributed by atoms with E-state index in [0.29, 0.717) is 18.8 Å². The predicted molar refractivity (Wildman–Crippen MR) is 74.6 cm³/mol. The van der Waals surface area contributed by atoms with Gasteiger partial charge in [0.25, 0.3) is 0 Å². The summed E-state index contributed by atoms with van der Waals surface area (Å²) < 4.78 is 0. The maximum absolute atomic E-state index is 11.9. The van der Waals surface area contributed by atoms with Crippen molar-refractivity contribution in [3.8, 4) is 0 Å². The first kappa shape index (κ1) is 12.8. The van der Waals surface area contributed by atoms with E-state index in [2.05, 4.69) is 10.3 Å². The van der Waals surface area contributed by atoms with Crippen LogP contribution in [0, 0.1) is 0 Å². The summed E-state index contributed by atoms with van der Waals surface area (Å²) in [4.78, 5) is 18.4. The first-order chi connectivity index (χ1) is 8.44. The Hall–Kier alpha value is -1.69. The second kappa shape index (κ2) is 4.53. The van der Waals surface area contributed by atoms with Crippen LogP contribution in [0.1, 0.15) is 19.5 Å². The molecule has 0 spiro atoms. The van der Waals surface area contributed by atoms with Crippen molar-refractivity contribution < 1.29 is 4.79 Å². The topological polar surface area (TPSA) is 71.2 Å². The van der Waals surface area contributed by atoms with E-state index in [1.807, 2.05) is 30.9 Å². The Kier molecular flexibility index (Phi) is 3.21. The summed E-state index contributed by atoms with van der Waals surface area (Å²) >= 11 is 5.01. The van der Waals surface area contributed by atoms with Gasteiger partial charge >= 0.3 is 0 Å². The van der Waals surface area contributed by atoms with E-state index in [1.54, 1.807) is 6.20 Å². The lowest BCUT2D eigenvalue weighted by Crippen LogP contribution is -2.62. The van der Waals surface area contributed by atoms with Crippen molar-refractivity contribution >= 4 is 28.8 Å². The van der Waals surface area contributed by atoms with E-state index < -0.39 is 5.54 Å². The number of thiocarbonyl (C=S) groups is 1. The molecule has 1 aromatic rings. The average molecular weight is 264 g/mol. The summed E-state index contributed by atoms with van der Waals surface area (Å²) in [5, 5.41) is 2.86. The quantitative estimate of drug-likeness (QED) is 0.758. The zero-order valence-corrected chi connectivity index (χ0v) is 11.3. The molecular weight excluding hydrogens is 248 g/mol. The van der Waals surface area contributed by atoms with E-state index in [-0.39, 0.29) is 10.9 Å². The molecule has 0 saturated carbocycles. The van der Waals surface area contributed by atoms with Gasteiger partial charge < -0.3 is 16.0 Å². The van der Waals surface area contributed by atoms with E-state index >= 15 is 0 Å². The second-order valence-corrected chi connectivity index (χ2v) is 5.14. The van der Waals surface area contributed by atoms with Crippen LogP contribution in [0.25, 0.3) is 0 Å². The van der Waals surface area contributed by atoms with Crippen LogP contribution >= 0.6 is 12.2 Å². The molecule has 1 amide bonds. The summed E-state index contributed by atoms with van der Waals surface area (Å²) in [7, 11) is 0. The molecule has 2 rings (SSSR count). The monoisotopic (exact) mass is 264 g/mol. The van der Waals surface area contributed by atoms with Crippen molar-refractivity contribution in [3.63, 3.8) is 0 Å². The zero-order valence-electron chi connectivity index (χ0n) is 10.4. The van der Waals surface area contributed by atoms with Crippen LogP contribution in [0.2, 0.25) is 0 Å². The normalized spacial score (nSPS) is 18.3. The number of pyridine rings is 1. The Morgan fingerprint density at radius 3 is 3.00 bits per heavy atom. The molecule has 2 heterocycles. The third-order valence-electron chi connectivity index (χ3n) is 3.16. The molecule has 5 nitrogen and oxygen atoms in total. The molecule has 1 aliphatic rings. The second-order valence-electron chi connectivity index (χ2n) is 4.70. The van der Waals surface area contributed by atoms with Gasteiger partial charge in [-0.2, -0.15) is 0 Å². The van der Waals surface area contributed by atoms with Gasteiger partial charge in [0.05, 0.1) is 5.69 Å². The highest BCUT2D eigenvalue weighted by molar-refractivity contribution is 7.80. The molecule has 0 aliphatic carbocycles. The molecule has 1 fully saturated rings. The fraction of sp³-hybridized carbons (Fsp3) is 0.417. The zero-order chi connectivity index (χ0) is 13.3. The SMILES string of the molecule is CC1(C)C(=O)NCCN1c1cccnc1C(N)=S. The number of hydrogen-bond donors (Lipinski definition) is 2. The number of rotatable bonds is 2. The van der Waals surface area contributed by atoms with Gasteiger partial charge in [0.15, 0.2) is 0 Å². The fourth-order valence-electron chi connectivity index (χ4n) is 2.13. The van der Waals surface area contributed by atoms with Crippen molar-refractivity contribution in [2.45, 2.75) is 19.4 Å². The van der Waals surface area contributed by atoms with Gasteiger partial charge in [0.2, 0.25) is 5.91 Å². The van der Waals surface area contributed by atoms with Crippen molar-refractivity contribution in [3.05, 3.63) is 24.0 Å². The molecular formula is C12H16N4OS. The van der Waals surface area contributed by atoms with Crippen LogP contribution in [0.15, 0.2) is 18.3 Å². The van der Waals surface area contributed by atoms with Gasteiger partial charge in [0.1, 0.15) is 16.2 Å². The van der Waals surface area contributed by atoms with Crippen molar-refractivity contribution in [1.29, 1.82) is 0 Å². The van der Waals surface area contributed by atoms with Gasteiger partial charge in [-0.1, -0.05) is 12.2 Å². The van der Waals surface area contributed by atoms with Gasteiger partial charge in [-0.25, -0.2) is 0 Å². The molecule has 1 saturated heterocycles. The maximum Gasteiger partial charge on any atom is 0.245 e. The molecule has 0 atom stereocenters. The summed E-state index contributed by atoms with van der Waals surface area (Å²) in [5.41, 5.74) is 6.42. The van der Waals surface area contributed by atoms with Gasteiger partial charge in [-0.3, -0.25) is 9.78 Å². The Morgan fingerprint density at radius 1 is 1.61 bits per heavy atom. The van der Waals surface area contributed by atoms with Crippen LogP contribution in [-0.4, -0.2) is 34.5 Å². The van der Waals surface area contributed by atoms with Crippen molar-refractivity contribution in [1.82, 2.24) is 10.3 Å². The average Bonchev–Trinajstić information content (AvgIpc) is 2.32. The maximum atomic E-state index is 11.9. The molecule has 0 radical (unpaired) electrons. The fourth-order valence-corrected chi connectivity index (χ4v) is 2.28. The Labute approximate surface area is 111 Å². The lowest BCUT2D eigenvalue weighted by atomic mass is 9.97. The number of amides is 1.